The highest BCUT2D eigenvalue weighted by Crippen LogP contribution is 2.29. The minimum Gasteiger partial charge on any atom is -0.478 e. The molecule has 0 bridgehead atoms. The molecular weight excluding hydrogens is 242 g/mol. The molecule has 0 radical (unpaired) electrons. The number of carboxylic acids is 1. The fourth-order valence-electron chi connectivity index (χ4n) is 3.27. The molecule has 2 atom stereocenters. The Morgan fingerprint density at radius 1 is 1.42 bits per heavy atom. The van der Waals surface area contributed by atoms with Gasteiger partial charge in [0.05, 0.1) is 5.69 Å². The van der Waals surface area contributed by atoms with Crippen LogP contribution in [0.25, 0.3) is 0 Å². The first-order valence-electron chi connectivity index (χ1n) is 6.92. The molecule has 0 aliphatic carbocycles. The minimum absolute atomic E-state index is 0.261. The molecule has 2 saturated heterocycles. The van der Waals surface area contributed by atoms with E-state index in [-0.39, 0.29) is 5.56 Å². The van der Waals surface area contributed by atoms with Gasteiger partial charge in [-0.15, -0.1) is 0 Å². The van der Waals surface area contributed by atoms with E-state index < -0.39 is 5.97 Å². The van der Waals surface area contributed by atoms with Crippen molar-refractivity contribution in [2.75, 3.05) is 18.4 Å². The number of piperidine rings is 1. The topological polar surface area (TPSA) is 65.5 Å². The predicted octanol–water partition coefficient (Wildman–Crippen LogP) is 1.82. The Labute approximate surface area is 112 Å². The fraction of sp³-hybridized carbons (Fsp3) is 0.571. The predicted molar refractivity (Wildman–Crippen MR) is 72.4 cm³/mol. The molecular formula is C14H19N3O2. The van der Waals surface area contributed by atoms with Gasteiger partial charge in [-0.25, -0.2) is 4.79 Å². The van der Waals surface area contributed by atoms with Crippen LogP contribution in [0.3, 0.4) is 0 Å². The van der Waals surface area contributed by atoms with E-state index in [4.69, 9.17) is 5.11 Å². The third kappa shape index (κ3) is 2.56. The highest BCUT2D eigenvalue weighted by molar-refractivity contribution is 5.93. The normalized spacial score (nSPS) is 26.9. The van der Waals surface area contributed by atoms with Crippen LogP contribution in [0.2, 0.25) is 0 Å². The van der Waals surface area contributed by atoms with Crippen LogP contribution in [0.15, 0.2) is 18.5 Å². The zero-order chi connectivity index (χ0) is 13.2. The summed E-state index contributed by atoms with van der Waals surface area (Å²) < 4.78 is 0. The van der Waals surface area contributed by atoms with Crippen molar-refractivity contribution in [3.05, 3.63) is 24.0 Å². The average Bonchev–Trinajstić information content (AvgIpc) is 2.86. The van der Waals surface area contributed by atoms with Gasteiger partial charge in [-0.05, 0) is 38.3 Å². The summed E-state index contributed by atoms with van der Waals surface area (Å²) in [5, 5.41) is 12.6. The van der Waals surface area contributed by atoms with E-state index in [1.54, 1.807) is 12.3 Å². The van der Waals surface area contributed by atoms with Crippen molar-refractivity contribution >= 4 is 11.7 Å². The molecule has 2 unspecified atom stereocenters. The molecule has 5 nitrogen and oxygen atoms in total. The number of aromatic carboxylic acids is 1. The Bertz CT molecular complexity index is 478. The lowest BCUT2D eigenvalue weighted by Gasteiger charge is -2.35. The minimum atomic E-state index is -0.922. The van der Waals surface area contributed by atoms with Crippen LogP contribution in [-0.4, -0.2) is 46.1 Å². The summed E-state index contributed by atoms with van der Waals surface area (Å²) in [5.41, 5.74) is 0.954. The number of hydrogen-bond acceptors (Lipinski definition) is 4. The van der Waals surface area contributed by atoms with E-state index in [9.17, 15) is 4.79 Å². The Hall–Kier alpha value is -1.62. The largest absolute Gasteiger partial charge is 0.478 e. The summed E-state index contributed by atoms with van der Waals surface area (Å²) in [6.45, 7) is 2.35. The number of anilines is 1. The van der Waals surface area contributed by atoms with E-state index >= 15 is 0 Å². The standard InChI is InChI=1S/C14H19N3O2/c18-14(19)12-9-15-5-3-13(12)16-10-4-7-17-6-1-2-11(17)8-10/h3,5,9-11H,1-2,4,6-8H2,(H,15,16)(H,18,19). The lowest BCUT2D eigenvalue weighted by Crippen LogP contribution is -2.42. The van der Waals surface area contributed by atoms with Gasteiger partial charge in [0.1, 0.15) is 5.56 Å². The third-order valence-corrected chi connectivity index (χ3v) is 4.23. The molecule has 0 aromatic carbocycles. The lowest BCUT2D eigenvalue weighted by molar-refractivity contribution is 0.0697. The highest BCUT2D eigenvalue weighted by Gasteiger charge is 2.31. The quantitative estimate of drug-likeness (QED) is 0.869. The smallest absolute Gasteiger partial charge is 0.339 e. The molecule has 3 rings (SSSR count). The number of aromatic nitrogens is 1. The number of pyridine rings is 1. The number of nitrogens with zero attached hydrogens (tertiary/aromatic N) is 2. The number of hydrogen-bond donors (Lipinski definition) is 2. The summed E-state index contributed by atoms with van der Waals surface area (Å²) in [4.78, 5) is 17.6. The summed E-state index contributed by atoms with van der Waals surface area (Å²) in [6, 6.07) is 2.81. The average molecular weight is 261 g/mol. The molecule has 2 aliphatic heterocycles. The van der Waals surface area contributed by atoms with Gasteiger partial charge in [-0.3, -0.25) is 4.98 Å². The molecule has 19 heavy (non-hydrogen) atoms. The molecule has 0 saturated carbocycles. The van der Waals surface area contributed by atoms with Gasteiger partial charge in [0.15, 0.2) is 0 Å². The molecule has 2 aliphatic rings. The monoisotopic (exact) mass is 261 g/mol. The Balaban J connectivity index is 1.70. The van der Waals surface area contributed by atoms with Gasteiger partial charge in [0.2, 0.25) is 0 Å². The Morgan fingerprint density at radius 3 is 3.16 bits per heavy atom. The van der Waals surface area contributed by atoms with Gasteiger partial charge in [-0.1, -0.05) is 0 Å². The Kier molecular flexibility index (Phi) is 3.38. The van der Waals surface area contributed by atoms with Crippen LogP contribution in [0.1, 0.15) is 36.0 Å². The number of rotatable bonds is 3. The fourth-order valence-corrected chi connectivity index (χ4v) is 3.27. The maximum Gasteiger partial charge on any atom is 0.339 e. The second-order valence-corrected chi connectivity index (χ2v) is 5.42. The van der Waals surface area contributed by atoms with Gasteiger partial charge in [0.25, 0.3) is 0 Å². The number of fused-ring (bicyclic) bond motifs is 1. The summed E-state index contributed by atoms with van der Waals surface area (Å²) in [7, 11) is 0. The van der Waals surface area contributed by atoms with Crippen molar-refractivity contribution in [1.29, 1.82) is 0 Å². The summed E-state index contributed by atoms with van der Waals surface area (Å²) in [6.07, 6.45) is 7.82. The van der Waals surface area contributed by atoms with Crippen molar-refractivity contribution < 1.29 is 9.90 Å². The summed E-state index contributed by atoms with van der Waals surface area (Å²) >= 11 is 0. The second kappa shape index (κ2) is 5.17. The molecule has 5 heteroatoms. The van der Waals surface area contributed by atoms with Crippen LogP contribution < -0.4 is 5.32 Å². The second-order valence-electron chi connectivity index (χ2n) is 5.42. The van der Waals surface area contributed by atoms with Crippen molar-refractivity contribution in [3.8, 4) is 0 Å². The van der Waals surface area contributed by atoms with Crippen molar-refractivity contribution in [1.82, 2.24) is 9.88 Å². The summed E-state index contributed by atoms with van der Waals surface area (Å²) in [5.74, 6) is -0.922. The van der Waals surface area contributed by atoms with Crippen molar-refractivity contribution in [2.45, 2.75) is 37.8 Å². The molecule has 1 aromatic rings. The number of nitrogens with one attached hydrogen (secondary N) is 1. The van der Waals surface area contributed by atoms with Crippen LogP contribution in [0.4, 0.5) is 5.69 Å². The highest BCUT2D eigenvalue weighted by atomic mass is 16.4. The molecule has 1 aromatic heterocycles. The zero-order valence-electron chi connectivity index (χ0n) is 10.9. The van der Waals surface area contributed by atoms with E-state index in [2.05, 4.69) is 15.2 Å². The SMILES string of the molecule is O=C(O)c1cnccc1NC1CCN2CCCC2C1. The van der Waals surface area contributed by atoms with Gasteiger partial charge in [-0.2, -0.15) is 0 Å². The number of carbonyl (C=O) groups is 1. The van der Waals surface area contributed by atoms with Crippen molar-refractivity contribution in [2.24, 2.45) is 0 Å². The zero-order valence-corrected chi connectivity index (χ0v) is 10.9. The molecule has 102 valence electrons. The molecule has 2 N–H and O–H groups in total. The van der Waals surface area contributed by atoms with Gasteiger partial charge < -0.3 is 15.3 Å². The lowest BCUT2D eigenvalue weighted by atomic mass is 9.97. The van der Waals surface area contributed by atoms with E-state index in [1.807, 2.05) is 0 Å². The third-order valence-electron chi connectivity index (χ3n) is 4.23. The van der Waals surface area contributed by atoms with Gasteiger partial charge >= 0.3 is 5.97 Å². The van der Waals surface area contributed by atoms with Crippen LogP contribution >= 0.6 is 0 Å². The number of carboxylic acid groups (broad SMARTS) is 1. The van der Waals surface area contributed by atoms with Gasteiger partial charge in [0, 0.05) is 31.0 Å². The van der Waals surface area contributed by atoms with E-state index in [0.717, 1.165) is 19.4 Å². The van der Waals surface area contributed by atoms with E-state index in [1.165, 1.54) is 25.6 Å². The molecule has 3 heterocycles. The first-order valence-corrected chi connectivity index (χ1v) is 6.92. The molecule has 2 fully saturated rings. The van der Waals surface area contributed by atoms with E-state index in [0.29, 0.717) is 17.8 Å². The maximum atomic E-state index is 11.2. The van der Waals surface area contributed by atoms with Crippen molar-refractivity contribution in [3.63, 3.8) is 0 Å². The van der Waals surface area contributed by atoms with Crippen LogP contribution in [0, 0.1) is 0 Å². The van der Waals surface area contributed by atoms with Crippen LogP contribution in [-0.2, 0) is 0 Å². The van der Waals surface area contributed by atoms with Crippen LogP contribution in [0.5, 0.6) is 0 Å². The molecule has 0 amide bonds. The molecule has 0 spiro atoms. The Morgan fingerprint density at radius 2 is 2.32 bits per heavy atom. The first-order chi connectivity index (χ1) is 9.24. The maximum absolute atomic E-state index is 11.2. The first kappa shape index (κ1) is 12.4.